The molecule has 2 aromatic rings. The zero-order valence-electron chi connectivity index (χ0n) is 7.37. The molecule has 0 spiro atoms. The highest BCUT2D eigenvalue weighted by molar-refractivity contribution is 6.31. The van der Waals surface area contributed by atoms with Gasteiger partial charge in [0.25, 0.3) is 0 Å². The second kappa shape index (κ2) is 3.35. The molecule has 2 rings (SSSR count). The molecule has 14 heavy (non-hydrogen) atoms. The second-order valence-corrected chi connectivity index (χ2v) is 3.32. The maximum absolute atomic E-state index is 11.3. The SMILES string of the molecule is C=CCn1c(=O)oc2ccc(Cl)cc21. The largest absolute Gasteiger partial charge is 0.420 e. The molecule has 0 saturated carbocycles. The van der Waals surface area contributed by atoms with Crippen molar-refractivity contribution < 1.29 is 4.42 Å². The number of rotatable bonds is 2. The zero-order valence-corrected chi connectivity index (χ0v) is 8.12. The van der Waals surface area contributed by atoms with Crippen LogP contribution in [0.15, 0.2) is 40.1 Å². The van der Waals surface area contributed by atoms with E-state index in [-0.39, 0.29) is 5.76 Å². The van der Waals surface area contributed by atoms with Gasteiger partial charge >= 0.3 is 5.76 Å². The highest BCUT2D eigenvalue weighted by atomic mass is 35.5. The Balaban J connectivity index is 2.79. The maximum Gasteiger partial charge on any atom is 0.420 e. The van der Waals surface area contributed by atoms with Gasteiger partial charge in [-0.25, -0.2) is 4.79 Å². The van der Waals surface area contributed by atoms with Crippen molar-refractivity contribution in [2.24, 2.45) is 0 Å². The first kappa shape index (κ1) is 9.09. The Morgan fingerprint density at radius 3 is 3.07 bits per heavy atom. The molecule has 0 aliphatic heterocycles. The van der Waals surface area contributed by atoms with E-state index in [1.54, 1.807) is 24.3 Å². The number of allylic oxidation sites excluding steroid dienone is 1. The first-order valence-corrected chi connectivity index (χ1v) is 4.50. The van der Waals surface area contributed by atoms with Crippen LogP contribution in [-0.4, -0.2) is 4.57 Å². The van der Waals surface area contributed by atoms with Crippen LogP contribution >= 0.6 is 11.6 Å². The van der Waals surface area contributed by atoms with Crippen molar-refractivity contribution >= 4 is 22.7 Å². The summed E-state index contributed by atoms with van der Waals surface area (Å²) >= 11 is 5.82. The molecule has 0 aliphatic carbocycles. The van der Waals surface area contributed by atoms with Gasteiger partial charge in [-0.15, -0.1) is 6.58 Å². The van der Waals surface area contributed by atoms with Gasteiger partial charge in [0.1, 0.15) is 0 Å². The molecular formula is C10H8ClNO2. The summed E-state index contributed by atoms with van der Waals surface area (Å²) in [6.07, 6.45) is 1.64. The van der Waals surface area contributed by atoms with E-state index in [9.17, 15) is 4.79 Å². The molecule has 1 aromatic carbocycles. The summed E-state index contributed by atoms with van der Waals surface area (Å²) < 4.78 is 6.49. The lowest BCUT2D eigenvalue weighted by Gasteiger charge is -1.95. The molecule has 0 atom stereocenters. The number of oxazole rings is 1. The van der Waals surface area contributed by atoms with E-state index in [0.29, 0.717) is 22.7 Å². The number of fused-ring (bicyclic) bond motifs is 1. The molecule has 1 heterocycles. The lowest BCUT2D eigenvalue weighted by molar-refractivity contribution is 0.520. The van der Waals surface area contributed by atoms with Gasteiger partial charge in [0.05, 0.1) is 5.52 Å². The molecule has 0 unspecified atom stereocenters. The molecule has 0 fully saturated rings. The fraction of sp³-hybridized carbons (Fsp3) is 0.100. The number of benzene rings is 1. The number of hydrogen-bond donors (Lipinski definition) is 0. The summed E-state index contributed by atoms with van der Waals surface area (Å²) in [5, 5.41) is 0.580. The fourth-order valence-corrected chi connectivity index (χ4v) is 1.50. The Morgan fingerprint density at radius 1 is 1.57 bits per heavy atom. The number of aromatic nitrogens is 1. The van der Waals surface area contributed by atoms with Gasteiger partial charge in [-0.05, 0) is 18.2 Å². The minimum absolute atomic E-state index is 0.387. The van der Waals surface area contributed by atoms with Crippen molar-refractivity contribution in [3.63, 3.8) is 0 Å². The normalized spacial score (nSPS) is 10.6. The van der Waals surface area contributed by atoms with Crippen LogP contribution in [0.4, 0.5) is 0 Å². The fourth-order valence-electron chi connectivity index (χ4n) is 1.34. The first-order chi connectivity index (χ1) is 6.72. The molecule has 72 valence electrons. The Hall–Kier alpha value is -1.48. The molecule has 0 saturated heterocycles. The molecule has 0 N–H and O–H groups in total. The van der Waals surface area contributed by atoms with Crippen molar-refractivity contribution in [2.45, 2.75) is 6.54 Å². The summed E-state index contributed by atoms with van der Waals surface area (Å²) in [5.74, 6) is -0.387. The van der Waals surface area contributed by atoms with Crippen LogP contribution in [0.25, 0.3) is 11.1 Å². The lowest BCUT2D eigenvalue weighted by atomic mass is 10.3. The van der Waals surface area contributed by atoms with E-state index in [1.807, 2.05) is 0 Å². The molecule has 4 heteroatoms. The molecule has 1 aromatic heterocycles. The van der Waals surface area contributed by atoms with Crippen LogP contribution in [-0.2, 0) is 6.54 Å². The smallest absolute Gasteiger partial charge is 0.408 e. The van der Waals surface area contributed by atoms with Crippen molar-refractivity contribution in [3.05, 3.63) is 46.4 Å². The summed E-state index contributed by atoms with van der Waals surface area (Å²) in [6, 6.07) is 5.06. The van der Waals surface area contributed by atoms with E-state index in [0.717, 1.165) is 0 Å². The average Bonchev–Trinajstić information content (AvgIpc) is 2.45. The lowest BCUT2D eigenvalue weighted by Crippen LogP contribution is -2.12. The van der Waals surface area contributed by atoms with Gasteiger partial charge in [-0.2, -0.15) is 0 Å². The summed E-state index contributed by atoms with van der Waals surface area (Å²) in [6.45, 7) is 3.99. The third-order valence-electron chi connectivity index (χ3n) is 1.94. The zero-order chi connectivity index (χ0) is 10.1. The Morgan fingerprint density at radius 2 is 2.36 bits per heavy atom. The van der Waals surface area contributed by atoms with Crippen molar-refractivity contribution in [3.8, 4) is 0 Å². The van der Waals surface area contributed by atoms with Gasteiger partial charge in [0.15, 0.2) is 5.58 Å². The molecule has 0 radical (unpaired) electrons. The van der Waals surface area contributed by atoms with Gasteiger partial charge in [-0.3, -0.25) is 4.57 Å². The van der Waals surface area contributed by atoms with Crippen molar-refractivity contribution in [1.82, 2.24) is 4.57 Å². The number of nitrogens with zero attached hydrogens (tertiary/aromatic N) is 1. The van der Waals surface area contributed by atoms with Gasteiger partial charge in [-0.1, -0.05) is 17.7 Å². The topological polar surface area (TPSA) is 35.1 Å². The first-order valence-electron chi connectivity index (χ1n) is 4.12. The van der Waals surface area contributed by atoms with Gasteiger partial charge in [0, 0.05) is 11.6 Å². The average molecular weight is 210 g/mol. The number of halogens is 1. The van der Waals surface area contributed by atoms with Gasteiger partial charge < -0.3 is 4.42 Å². The predicted octanol–water partition coefficient (Wildman–Crippen LogP) is 2.43. The van der Waals surface area contributed by atoms with Crippen LogP contribution in [0, 0.1) is 0 Å². The van der Waals surface area contributed by atoms with Crippen molar-refractivity contribution in [2.75, 3.05) is 0 Å². The van der Waals surface area contributed by atoms with Crippen LogP contribution in [0.5, 0.6) is 0 Å². The highest BCUT2D eigenvalue weighted by Gasteiger charge is 2.07. The third kappa shape index (κ3) is 1.36. The van der Waals surface area contributed by atoms with E-state index in [1.165, 1.54) is 4.57 Å². The summed E-state index contributed by atoms with van der Waals surface area (Å²) in [4.78, 5) is 11.3. The molecular weight excluding hydrogens is 202 g/mol. The van der Waals surface area contributed by atoms with E-state index in [2.05, 4.69) is 6.58 Å². The van der Waals surface area contributed by atoms with E-state index in [4.69, 9.17) is 16.0 Å². The minimum Gasteiger partial charge on any atom is -0.408 e. The molecule has 0 amide bonds. The van der Waals surface area contributed by atoms with Crippen LogP contribution in [0.1, 0.15) is 0 Å². The third-order valence-corrected chi connectivity index (χ3v) is 2.18. The standard InChI is InChI=1S/C10H8ClNO2/c1-2-5-12-8-6-7(11)3-4-9(8)14-10(12)13/h2-4,6H,1,5H2. The van der Waals surface area contributed by atoms with Gasteiger partial charge in [0.2, 0.25) is 0 Å². The summed E-state index contributed by atoms with van der Waals surface area (Å²) in [7, 11) is 0. The van der Waals surface area contributed by atoms with E-state index < -0.39 is 0 Å². The predicted molar refractivity (Wildman–Crippen MR) is 55.7 cm³/mol. The Bertz CT molecular complexity index is 539. The van der Waals surface area contributed by atoms with E-state index >= 15 is 0 Å². The van der Waals surface area contributed by atoms with Crippen molar-refractivity contribution in [1.29, 1.82) is 0 Å². The number of hydrogen-bond acceptors (Lipinski definition) is 2. The Labute approximate surface area is 85.2 Å². The van der Waals surface area contributed by atoms with Crippen LogP contribution < -0.4 is 5.76 Å². The maximum atomic E-state index is 11.3. The quantitative estimate of drug-likeness (QED) is 0.712. The monoisotopic (exact) mass is 209 g/mol. The highest BCUT2D eigenvalue weighted by Crippen LogP contribution is 2.18. The minimum atomic E-state index is -0.387. The second-order valence-electron chi connectivity index (χ2n) is 2.88. The van der Waals surface area contributed by atoms with Crippen LogP contribution in [0.3, 0.4) is 0 Å². The molecule has 3 nitrogen and oxygen atoms in total. The molecule has 0 aliphatic rings. The summed E-state index contributed by atoms with van der Waals surface area (Å²) in [5.41, 5.74) is 1.24. The molecule has 0 bridgehead atoms. The van der Waals surface area contributed by atoms with Crippen LogP contribution in [0.2, 0.25) is 5.02 Å². The Kier molecular flexibility index (Phi) is 2.17.